The van der Waals surface area contributed by atoms with Gasteiger partial charge in [-0.15, -0.1) is 0 Å². The number of nitrogens with zero attached hydrogens (tertiary/aromatic N) is 2. The van der Waals surface area contributed by atoms with Gasteiger partial charge in [-0.1, -0.05) is 31.8 Å². The number of amidine groups is 1. The SMILES string of the molecule is CCC1(CC)CCN(CCCCC(N)=NO)CC1. The minimum atomic E-state index is 0.352. The number of oxime groups is 1. The van der Waals surface area contributed by atoms with E-state index in [2.05, 4.69) is 23.9 Å². The molecule has 4 nitrogen and oxygen atoms in total. The Balaban J connectivity index is 2.16. The van der Waals surface area contributed by atoms with Crippen LogP contribution in [0.1, 0.15) is 58.8 Å². The molecule has 18 heavy (non-hydrogen) atoms. The summed E-state index contributed by atoms with van der Waals surface area (Å²) in [6, 6.07) is 0. The predicted molar refractivity (Wildman–Crippen MR) is 75.9 cm³/mol. The highest BCUT2D eigenvalue weighted by Gasteiger charge is 2.30. The molecule has 1 heterocycles. The Hall–Kier alpha value is -0.770. The molecule has 3 N–H and O–H groups in total. The second kappa shape index (κ2) is 7.62. The van der Waals surface area contributed by atoms with Crippen LogP contribution in [0.5, 0.6) is 0 Å². The fraction of sp³-hybridized carbons (Fsp3) is 0.929. The summed E-state index contributed by atoms with van der Waals surface area (Å²) in [6.45, 7) is 8.30. The van der Waals surface area contributed by atoms with Crippen LogP contribution in [0.3, 0.4) is 0 Å². The monoisotopic (exact) mass is 255 g/mol. The van der Waals surface area contributed by atoms with Crippen molar-refractivity contribution in [2.24, 2.45) is 16.3 Å². The molecule has 0 bridgehead atoms. The zero-order valence-corrected chi connectivity index (χ0v) is 12.0. The largest absolute Gasteiger partial charge is 0.409 e. The van der Waals surface area contributed by atoms with Crippen molar-refractivity contribution in [3.63, 3.8) is 0 Å². The van der Waals surface area contributed by atoms with Crippen molar-refractivity contribution in [3.05, 3.63) is 0 Å². The lowest BCUT2D eigenvalue weighted by Gasteiger charge is -2.41. The van der Waals surface area contributed by atoms with Gasteiger partial charge in [0.25, 0.3) is 0 Å². The van der Waals surface area contributed by atoms with Crippen molar-refractivity contribution in [1.29, 1.82) is 0 Å². The average molecular weight is 255 g/mol. The Kier molecular flexibility index (Phi) is 6.47. The first-order chi connectivity index (χ1) is 8.65. The highest BCUT2D eigenvalue weighted by atomic mass is 16.4. The molecule has 1 fully saturated rings. The molecule has 1 aliphatic rings. The molecule has 4 heteroatoms. The van der Waals surface area contributed by atoms with E-state index in [1.165, 1.54) is 38.8 Å². The van der Waals surface area contributed by atoms with Crippen LogP contribution in [0.2, 0.25) is 0 Å². The van der Waals surface area contributed by atoms with Crippen LogP contribution in [-0.4, -0.2) is 35.6 Å². The van der Waals surface area contributed by atoms with Gasteiger partial charge in [-0.2, -0.15) is 0 Å². The van der Waals surface area contributed by atoms with Gasteiger partial charge < -0.3 is 15.8 Å². The van der Waals surface area contributed by atoms with E-state index in [0.717, 1.165) is 19.4 Å². The van der Waals surface area contributed by atoms with Crippen LogP contribution in [0.4, 0.5) is 0 Å². The zero-order chi connectivity index (χ0) is 13.4. The smallest absolute Gasteiger partial charge is 0.139 e. The summed E-state index contributed by atoms with van der Waals surface area (Å²) in [5.41, 5.74) is 6.07. The van der Waals surface area contributed by atoms with Gasteiger partial charge >= 0.3 is 0 Å². The van der Waals surface area contributed by atoms with E-state index < -0.39 is 0 Å². The quantitative estimate of drug-likeness (QED) is 0.242. The van der Waals surface area contributed by atoms with Crippen LogP contribution in [0, 0.1) is 5.41 Å². The van der Waals surface area contributed by atoms with Gasteiger partial charge in [-0.3, -0.25) is 0 Å². The second-order valence-corrected chi connectivity index (χ2v) is 5.60. The molecule has 1 saturated heterocycles. The van der Waals surface area contributed by atoms with Gasteiger partial charge in [-0.25, -0.2) is 0 Å². The maximum Gasteiger partial charge on any atom is 0.139 e. The highest BCUT2D eigenvalue weighted by Crippen LogP contribution is 2.37. The Morgan fingerprint density at radius 2 is 1.83 bits per heavy atom. The van der Waals surface area contributed by atoms with E-state index in [0.29, 0.717) is 17.7 Å². The van der Waals surface area contributed by atoms with Crippen molar-refractivity contribution < 1.29 is 5.21 Å². The molecular formula is C14H29N3O. The van der Waals surface area contributed by atoms with Gasteiger partial charge in [0.15, 0.2) is 0 Å². The molecule has 0 amide bonds. The second-order valence-electron chi connectivity index (χ2n) is 5.60. The normalized spacial score (nSPS) is 21.1. The Bertz CT molecular complexity index is 252. The third-order valence-corrected chi connectivity index (χ3v) is 4.70. The molecule has 0 saturated carbocycles. The maximum absolute atomic E-state index is 8.45. The van der Waals surface area contributed by atoms with E-state index in [-0.39, 0.29) is 0 Å². The van der Waals surface area contributed by atoms with E-state index in [1.54, 1.807) is 0 Å². The lowest BCUT2D eigenvalue weighted by atomic mass is 9.74. The van der Waals surface area contributed by atoms with Gasteiger partial charge in [0.05, 0.1) is 0 Å². The summed E-state index contributed by atoms with van der Waals surface area (Å²) in [5, 5.41) is 11.4. The number of unbranched alkanes of at least 4 members (excludes halogenated alkanes) is 1. The summed E-state index contributed by atoms with van der Waals surface area (Å²) in [5.74, 6) is 0.352. The summed E-state index contributed by atoms with van der Waals surface area (Å²) in [7, 11) is 0. The van der Waals surface area contributed by atoms with Crippen molar-refractivity contribution in [2.75, 3.05) is 19.6 Å². The van der Waals surface area contributed by atoms with E-state index in [1.807, 2.05) is 0 Å². The average Bonchev–Trinajstić information content (AvgIpc) is 2.44. The van der Waals surface area contributed by atoms with Crippen molar-refractivity contribution >= 4 is 5.84 Å². The standard InChI is InChI=1S/C14H29N3O/c1-3-14(4-2)8-11-17(12-9-14)10-6-5-7-13(15)16-18/h18H,3-12H2,1-2H3,(H2,15,16). The molecule has 0 aromatic rings. The molecule has 0 aromatic heterocycles. The topological polar surface area (TPSA) is 61.8 Å². The van der Waals surface area contributed by atoms with Gasteiger partial charge in [0.2, 0.25) is 0 Å². The molecule has 1 aliphatic heterocycles. The van der Waals surface area contributed by atoms with Gasteiger partial charge in [0.1, 0.15) is 5.84 Å². The Labute approximate surface area is 111 Å². The minimum absolute atomic E-state index is 0.352. The number of piperidine rings is 1. The number of hydrogen-bond donors (Lipinski definition) is 2. The molecule has 0 spiro atoms. The number of hydrogen-bond acceptors (Lipinski definition) is 3. The Morgan fingerprint density at radius 3 is 2.33 bits per heavy atom. The van der Waals surface area contributed by atoms with Crippen molar-refractivity contribution in [3.8, 4) is 0 Å². The predicted octanol–water partition coefficient (Wildman–Crippen LogP) is 2.81. The first-order valence-corrected chi connectivity index (χ1v) is 7.34. The van der Waals surface area contributed by atoms with Crippen LogP contribution >= 0.6 is 0 Å². The fourth-order valence-corrected chi connectivity index (χ4v) is 2.90. The van der Waals surface area contributed by atoms with Crippen molar-refractivity contribution in [2.45, 2.75) is 58.8 Å². The van der Waals surface area contributed by atoms with E-state index in [4.69, 9.17) is 10.9 Å². The summed E-state index contributed by atoms with van der Waals surface area (Å²) >= 11 is 0. The molecular weight excluding hydrogens is 226 g/mol. The Morgan fingerprint density at radius 1 is 1.22 bits per heavy atom. The van der Waals surface area contributed by atoms with Gasteiger partial charge in [0, 0.05) is 6.42 Å². The minimum Gasteiger partial charge on any atom is -0.409 e. The fourth-order valence-electron chi connectivity index (χ4n) is 2.90. The molecule has 106 valence electrons. The lowest BCUT2D eigenvalue weighted by Crippen LogP contribution is -2.40. The molecule has 1 rings (SSSR count). The van der Waals surface area contributed by atoms with Crippen LogP contribution in [-0.2, 0) is 0 Å². The third kappa shape index (κ3) is 4.48. The van der Waals surface area contributed by atoms with Crippen molar-refractivity contribution in [1.82, 2.24) is 4.90 Å². The third-order valence-electron chi connectivity index (χ3n) is 4.70. The highest BCUT2D eigenvalue weighted by molar-refractivity contribution is 5.79. The summed E-state index contributed by atoms with van der Waals surface area (Å²) in [4.78, 5) is 2.57. The maximum atomic E-state index is 8.45. The van der Waals surface area contributed by atoms with Crippen LogP contribution < -0.4 is 5.73 Å². The molecule has 0 aromatic carbocycles. The first kappa shape index (κ1) is 15.3. The summed E-state index contributed by atoms with van der Waals surface area (Å²) < 4.78 is 0. The number of likely N-dealkylation sites (tertiary alicyclic amines) is 1. The van der Waals surface area contributed by atoms with E-state index in [9.17, 15) is 0 Å². The van der Waals surface area contributed by atoms with E-state index >= 15 is 0 Å². The molecule has 0 aliphatic carbocycles. The molecule has 0 atom stereocenters. The summed E-state index contributed by atoms with van der Waals surface area (Å²) in [6.07, 6.45) is 8.20. The first-order valence-electron chi connectivity index (χ1n) is 7.34. The zero-order valence-electron chi connectivity index (χ0n) is 12.0. The molecule has 0 radical (unpaired) electrons. The number of nitrogens with two attached hydrogens (primary N) is 1. The lowest BCUT2D eigenvalue weighted by molar-refractivity contribution is 0.0945. The molecule has 0 unspecified atom stereocenters. The van der Waals surface area contributed by atoms with Gasteiger partial charge in [-0.05, 0) is 50.7 Å². The number of rotatable bonds is 7. The van der Waals surface area contributed by atoms with Crippen LogP contribution in [0.25, 0.3) is 0 Å². The van der Waals surface area contributed by atoms with Crippen LogP contribution in [0.15, 0.2) is 5.16 Å².